The first-order valence-corrected chi connectivity index (χ1v) is 5.80. The van der Waals surface area contributed by atoms with Gasteiger partial charge in [-0.25, -0.2) is 14.1 Å². The Kier molecular flexibility index (Phi) is 3.87. The summed E-state index contributed by atoms with van der Waals surface area (Å²) in [4.78, 5) is 15.4. The number of carbonyl (C=O) groups excluding carboxylic acids is 1. The van der Waals surface area contributed by atoms with Gasteiger partial charge in [0.2, 0.25) is 11.9 Å². The molecule has 0 aliphatic carbocycles. The van der Waals surface area contributed by atoms with Crippen LogP contribution >= 0.6 is 23.2 Å². The second-order valence-corrected chi connectivity index (χ2v) is 4.41. The van der Waals surface area contributed by atoms with E-state index in [1.54, 1.807) is 0 Å². The number of nitrogens with zero attached hydrogens (tertiary/aromatic N) is 3. The molecular weight excluding hydrogens is 296 g/mol. The summed E-state index contributed by atoms with van der Waals surface area (Å²) in [6, 6.07) is 2.10. The molecule has 100 valence electrons. The molecule has 1 aromatic carbocycles. The molecule has 1 aromatic heterocycles. The molecule has 1 heterocycles. The summed E-state index contributed by atoms with van der Waals surface area (Å²) >= 11 is 11.6. The molecular formula is C10H8Cl2FN5O. The zero-order valence-corrected chi connectivity index (χ0v) is 10.9. The minimum absolute atomic E-state index is 0.0106. The number of nitrogens with two attached hydrogens (primary N) is 1. The van der Waals surface area contributed by atoms with Gasteiger partial charge in [0, 0.05) is 0 Å². The van der Waals surface area contributed by atoms with E-state index in [4.69, 9.17) is 28.9 Å². The van der Waals surface area contributed by atoms with Gasteiger partial charge in [-0.15, -0.1) is 5.10 Å². The summed E-state index contributed by atoms with van der Waals surface area (Å²) < 4.78 is 14.2. The lowest BCUT2D eigenvalue weighted by atomic mass is 10.3. The fourth-order valence-electron chi connectivity index (χ4n) is 1.37. The number of amides is 1. The Morgan fingerprint density at radius 1 is 1.42 bits per heavy atom. The van der Waals surface area contributed by atoms with E-state index in [9.17, 15) is 9.18 Å². The Balaban J connectivity index is 2.11. The molecule has 0 saturated heterocycles. The van der Waals surface area contributed by atoms with Crippen molar-refractivity contribution in [1.82, 2.24) is 14.8 Å². The molecule has 6 nitrogen and oxygen atoms in total. The number of nitrogen functional groups attached to an aromatic ring is 1. The van der Waals surface area contributed by atoms with Gasteiger partial charge in [0.05, 0.1) is 15.7 Å². The van der Waals surface area contributed by atoms with E-state index in [0.717, 1.165) is 12.1 Å². The highest BCUT2D eigenvalue weighted by Gasteiger charge is 2.12. The topological polar surface area (TPSA) is 85.8 Å². The molecule has 2 aromatic rings. The number of anilines is 2. The van der Waals surface area contributed by atoms with E-state index < -0.39 is 11.7 Å². The summed E-state index contributed by atoms with van der Waals surface area (Å²) in [6.45, 7) is -0.117. The second kappa shape index (κ2) is 5.41. The van der Waals surface area contributed by atoms with Crippen LogP contribution in [0.1, 0.15) is 0 Å². The van der Waals surface area contributed by atoms with Gasteiger partial charge in [-0.2, -0.15) is 0 Å². The SMILES string of the molecule is Nc1ncn(CC(=O)Nc2c(Cl)cc(F)cc2Cl)n1. The molecule has 3 N–H and O–H groups in total. The first-order chi connectivity index (χ1) is 8.95. The van der Waals surface area contributed by atoms with E-state index in [2.05, 4.69) is 15.4 Å². The largest absolute Gasteiger partial charge is 0.367 e. The summed E-state index contributed by atoms with van der Waals surface area (Å²) in [5.74, 6) is -0.969. The Morgan fingerprint density at radius 2 is 2.05 bits per heavy atom. The van der Waals surface area contributed by atoms with Crippen LogP contribution in [0.4, 0.5) is 16.0 Å². The van der Waals surface area contributed by atoms with Crippen molar-refractivity contribution < 1.29 is 9.18 Å². The normalized spacial score (nSPS) is 10.5. The van der Waals surface area contributed by atoms with E-state index >= 15 is 0 Å². The Hall–Kier alpha value is -1.86. The van der Waals surface area contributed by atoms with Crippen molar-refractivity contribution in [3.05, 3.63) is 34.3 Å². The molecule has 0 spiro atoms. The summed E-state index contributed by atoms with van der Waals surface area (Å²) in [6.07, 6.45) is 1.31. The first kappa shape index (κ1) is 13.6. The van der Waals surface area contributed by atoms with Gasteiger partial charge in [0.25, 0.3) is 0 Å². The van der Waals surface area contributed by atoms with Crippen molar-refractivity contribution >= 4 is 40.7 Å². The number of carbonyl (C=O) groups is 1. The number of benzene rings is 1. The average molecular weight is 304 g/mol. The molecule has 2 rings (SSSR count). The van der Waals surface area contributed by atoms with Crippen molar-refractivity contribution in [3.8, 4) is 0 Å². The smallest absolute Gasteiger partial charge is 0.246 e. The summed E-state index contributed by atoms with van der Waals surface area (Å²) in [5.41, 5.74) is 5.45. The lowest BCUT2D eigenvalue weighted by Gasteiger charge is -2.09. The second-order valence-electron chi connectivity index (χ2n) is 3.59. The summed E-state index contributed by atoms with van der Waals surface area (Å²) in [7, 11) is 0. The van der Waals surface area contributed by atoms with Crippen LogP contribution in [0, 0.1) is 5.82 Å². The predicted octanol–water partition coefficient (Wildman–Crippen LogP) is 1.94. The third-order valence-electron chi connectivity index (χ3n) is 2.13. The van der Waals surface area contributed by atoms with Crippen LogP contribution in [0.2, 0.25) is 10.0 Å². The van der Waals surface area contributed by atoms with Crippen LogP contribution in [0.15, 0.2) is 18.5 Å². The van der Waals surface area contributed by atoms with Crippen molar-refractivity contribution in [2.24, 2.45) is 0 Å². The maximum atomic E-state index is 13.0. The molecule has 9 heteroatoms. The van der Waals surface area contributed by atoms with Gasteiger partial charge in [-0.3, -0.25) is 4.79 Å². The van der Waals surface area contributed by atoms with E-state index in [-0.39, 0.29) is 28.2 Å². The predicted molar refractivity (Wildman–Crippen MR) is 69.5 cm³/mol. The zero-order valence-electron chi connectivity index (χ0n) is 9.40. The van der Waals surface area contributed by atoms with Crippen molar-refractivity contribution in [3.63, 3.8) is 0 Å². The van der Waals surface area contributed by atoms with Gasteiger partial charge < -0.3 is 11.1 Å². The average Bonchev–Trinajstić information content (AvgIpc) is 2.69. The first-order valence-electron chi connectivity index (χ1n) is 5.05. The van der Waals surface area contributed by atoms with Crippen LogP contribution in [-0.4, -0.2) is 20.7 Å². The maximum absolute atomic E-state index is 13.0. The number of hydrogen-bond donors (Lipinski definition) is 2. The molecule has 0 radical (unpaired) electrons. The van der Waals surface area contributed by atoms with E-state index in [0.29, 0.717) is 0 Å². The van der Waals surface area contributed by atoms with E-state index in [1.165, 1.54) is 11.0 Å². The highest BCUT2D eigenvalue weighted by Crippen LogP contribution is 2.31. The standard InChI is InChI=1S/C10H8Cl2FN5O/c11-6-1-5(13)2-7(12)9(6)16-8(19)3-18-4-15-10(14)17-18/h1-2,4H,3H2,(H2,14,17)(H,16,19). The monoisotopic (exact) mass is 303 g/mol. The number of hydrogen-bond acceptors (Lipinski definition) is 4. The van der Waals surface area contributed by atoms with Crippen LogP contribution in [0.5, 0.6) is 0 Å². The zero-order chi connectivity index (χ0) is 14.0. The number of rotatable bonds is 3. The molecule has 0 aliphatic heterocycles. The highest BCUT2D eigenvalue weighted by atomic mass is 35.5. The van der Waals surface area contributed by atoms with Crippen LogP contribution < -0.4 is 11.1 Å². The number of aromatic nitrogens is 3. The van der Waals surface area contributed by atoms with Crippen molar-refractivity contribution in [2.45, 2.75) is 6.54 Å². The molecule has 0 unspecified atom stereocenters. The molecule has 0 saturated carbocycles. The minimum atomic E-state index is -0.586. The fourth-order valence-corrected chi connectivity index (χ4v) is 1.93. The van der Waals surface area contributed by atoms with Gasteiger partial charge in [-0.05, 0) is 12.1 Å². The van der Waals surface area contributed by atoms with Crippen LogP contribution in [0.25, 0.3) is 0 Å². The van der Waals surface area contributed by atoms with Crippen LogP contribution in [-0.2, 0) is 11.3 Å². The molecule has 19 heavy (non-hydrogen) atoms. The molecule has 0 bridgehead atoms. The summed E-state index contributed by atoms with van der Waals surface area (Å²) in [5, 5.41) is 6.23. The van der Waals surface area contributed by atoms with Crippen molar-refractivity contribution in [1.29, 1.82) is 0 Å². The van der Waals surface area contributed by atoms with Crippen molar-refractivity contribution in [2.75, 3.05) is 11.1 Å². The number of halogens is 3. The third-order valence-corrected chi connectivity index (χ3v) is 2.73. The minimum Gasteiger partial charge on any atom is -0.367 e. The molecule has 1 amide bonds. The third kappa shape index (κ3) is 3.33. The Bertz CT molecular complexity index is 607. The lowest BCUT2D eigenvalue weighted by molar-refractivity contribution is -0.116. The molecule has 0 aliphatic rings. The van der Waals surface area contributed by atoms with Gasteiger partial charge in [-0.1, -0.05) is 23.2 Å². The lowest BCUT2D eigenvalue weighted by Crippen LogP contribution is -2.19. The highest BCUT2D eigenvalue weighted by molar-refractivity contribution is 6.39. The Morgan fingerprint density at radius 3 is 2.58 bits per heavy atom. The van der Waals surface area contributed by atoms with Gasteiger partial charge >= 0.3 is 0 Å². The number of nitrogens with one attached hydrogen (secondary N) is 1. The maximum Gasteiger partial charge on any atom is 0.246 e. The molecule has 0 fully saturated rings. The quantitative estimate of drug-likeness (QED) is 0.907. The van der Waals surface area contributed by atoms with Gasteiger partial charge in [0.1, 0.15) is 18.7 Å². The Labute approximate surface area is 117 Å². The van der Waals surface area contributed by atoms with E-state index in [1.807, 2.05) is 0 Å². The molecule has 0 atom stereocenters. The van der Waals surface area contributed by atoms with Gasteiger partial charge in [0.15, 0.2) is 0 Å². The fraction of sp³-hybridized carbons (Fsp3) is 0.100. The van der Waals surface area contributed by atoms with Crippen LogP contribution in [0.3, 0.4) is 0 Å².